The van der Waals surface area contributed by atoms with Gasteiger partial charge in [0.2, 0.25) is 0 Å². The zero-order valence-corrected chi connectivity index (χ0v) is 7.71. The van der Waals surface area contributed by atoms with Crippen LogP contribution in [0.4, 0.5) is 0 Å². The van der Waals surface area contributed by atoms with E-state index < -0.39 is 11.9 Å². The Balaban J connectivity index is 3.03. The molecule has 0 heterocycles. The number of aliphatic carboxylic acids is 1. The van der Waals surface area contributed by atoms with E-state index in [4.69, 9.17) is 16.7 Å². The van der Waals surface area contributed by atoms with E-state index in [2.05, 4.69) is 0 Å². The van der Waals surface area contributed by atoms with Crippen LogP contribution in [0.3, 0.4) is 0 Å². The minimum absolute atomic E-state index is 0.0593. The summed E-state index contributed by atoms with van der Waals surface area (Å²) in [6, 6.07) is 4.27. The third-order valence-corrected chi connectivity index (χ3v) is 2.13. The number of benzene rings is 1. The number of rotatable bonds is 2. The average molecular weight is 200 g/mol. The number of carboxylic acids is 1. The number of phenolic OH excluding ortho intramolecular Hbond substituents is 1. The molecule has 4 heteroatoms. The molecule has 0 fully saturated rings. The maximum Gasteiger partial charge on any atom is 0.134 e. The maximum atomic E-state index is 10.5. The predicted octanol–water partition coefficient (Wildman–Crippen LogP) is 0.899. The first-order valence-corrected chi connectivity index (χ1v) is 4.09. The van der Waals surface area contributed by atoms with Gasteiger partial charge < -0.3 is 15.0 Å². The summed E-state index contributed by atoms with van der Waals surface area (Å²) in [4.78, 5) is 10.5. The second kappa shape index (κ2) is 3.66. The summed E-state index contributed by atoms with van der Waals surface area (Å²) in [7, 11) is 0. The summed E-state index contributed by atoms with van der Waals surface area (Å²) in [6.45, 7) is 1.50. The van der Waals surface area contributed by atoms with Crippen molar-refractivity contribution in [3.63, 3.8) is 0 Å². The number of hydrogen-bond acceptors (Lipinski definition) is 3. The summed E-state index contributed by atoms with van der Waals surface area (Å²) in [5.41, 5.74) is 0.516. The van der Waals surface area contributed by atoms with Crippen LogP contribution in [0.2, 0.25) is 5.02 Å². The molecule has 0 aromatic heterocycles. The van der Waals surface area contributed by atoms with Gasteiger partial charge in [-0.15, -0.1) is 0 Å². The maximum absolute atomic E-state index is 10.5. The second-order valence-electron chi connectivity index (χ2n) is 2.75. The first-order valence-electron chi connectivity index (χ1n) is 3.71. The second-order valence-corrected chi connectivity index (χ2v) is 3.16. The van der Waals surface area contributed by atoms with Gasteiger partial charge in [-0.05, 0) is 17.7 Å². The lowest BCUT2D eigenvalue weighted by Crippen LogP contribution is -2.27. The third kappa shape index (κ3) is 2.12. The molecule has 70 valence electrons. The van der Waals surface area contributed by atoms with Crippen molar-refractivity contribution in [2.24, 2.45) is 0 Å². The lowest BCUT2D eigenvalue weighted by molar-refractivity contribution is -0.307. The van der Waals surface area contributed by atoms with E-state index in [1.54, 1.807) is 0 Å². The summed E-state index contributed by atoms with van der Waals surface area (Å²) < 4.78 is 0. The van der Waals surface area contributed by atoms with E-state index >= 15 is 0 Å². The Labute approximate surface area is 80.6 Å². The fourth-order valence-electron chi connectivity index (χ4n) is 0.929. The van der Waals surface area contributed by atoms with E-state index in [1.165, 1.54) is 25.1 Å². The highest BCUT2D eigenvalue weighted by molar-refractivity contribution is 6.32. The van der Waals surface area contributed by atoms with Gasteiger partial charge in [0.25, 0.3) is 0 Å². The third-order valence-electron chi connectivity index (χ3n) is 1.83. The van der Waals surface area contributed by atoms with Crippen LogP contribution in [-0.4, -0.2) is 11.1 Å². The van der Waals surface area contributed by atoms with Crippen LogP contribution in [0, 0.1) is 0 Å². The average Bonchev–Trinajstić information content (AvgIpc) is 2.08. The number of hydrogen-bond donors (Lipinski definition) is 1. The highest BCUT2D eigenvalue weighted by Crippen LogP contribution is 2.26. The van der Waals surface area contributed by atoms with Crippen molar-refractivity contribution in [3.8, 4) is 5.75 Å². The molecule has 0 spiro atoms. The van der Waals surface area contributed by atoms with E-state index in [1.807, 2.05) is 0 Å². The van der Waals surface area contributed by atoms with Crippen molar-refractivity contribution in [1.29, 1.82) is 0 Å². The molecule has 0 bridgehead atoms. The van der Waals surface area contributed by atoms with E-state index in [9.17, 15) is 9.90 Å². The molecule has 0 saturated carbocycles. The van der Waals surface area contributed by atoms with Crippen molar-refractivity contribution < 1.29 is 15.0 Å². The number of aromatic hydroxyl groups is 1. The molecule has 0 saturated heterocycles. The predicted molar refractivity (Wildman–Crippen MR) is 46.5 cm³/mol. The highest BCUT2D eigenvalue weighted by Gasteiger charge is 2.08. The van der Waals surface area contributed by atoms with Gasteiger partial charge in [-0.25, -0.2) is 0 Å². The zero-order chi connectivity index (χ0) is 10.0. The van der Waals surface area contributed by atoms with Gasteiger partial charge in [0, 0.05) is 11.9 Å². The highest BCUT2D eigenvalue weighted by atomic mass is 35.5. The number of carbonyl (C=O) groups is 1. The van der Waals surface area contributed by atoms with Crippen molar-refractivity contribution in [1.82, 2.24) is 0 Å². The zero-order valence-electron chi connectivity index (χ0n) is 6.95. The molecule has 0 amide bonds. The largest absolute Gasteiger partial charge is 0.550 e. The quantitative estimate of drug-likeness (QED) is 0.770. The number of carbonyl (C=O) groups excluding carboxylic acids is 1. The van der Waals surface area contributed by atoms with E-state index in [0.717, 1.165) is 0 Å². The lowest BCUT2D eigenvalue weighted by Gasteiger charge is -2.13. The van der Waals surface area contributed by atoms with Gasteiger partial charge in [-0.1, -0.05) is 24.6 Å². The minimum atomic E-state index is -1.17. The molecule has 1 unspecified atom stereocenters. The summed E-state index contributed by atoms with van der Waals surface area (Å²) in [5, 5.41) is 19.7. The van der Waals surface area contributed by atoms with Gasteiger partial charge in [-0.2, -0.15) is 0 Å². The fourth-order valence-corrected chi connectivity index (χ4v) is 1.12. The Morgan fingerprint density at radius 3 is 2.69 bits per heavy atom. The van der Waals surface area contributed by atoms with Gasteiger partial charge in [-0.3, -0.25) is 0 Å². The van der Waals surface area contributed by atoms with Crippen LogP contribution in [0.5, 0.6) is 5.75 Å². The van der Waals surface area contributed by atoms with Crippen molar-refractivity contribution in [3.05, 3.63) is 28.8 Å². The molecular formula is C9H8ClO3-. The summed E-state index contributed by atoms with van der Waals surface area (Å²) in [5.74, 6) is -1.95. The molecule has 0 radical (unpaired) electrons. The monoisotopic (exact) mass is 199 g/mol. The molecule has 1 N–H and O–H groups in total. The molecular weight excluding hydrogens is 192 g/mol. The Kier molecular flexibility index (Phi) is 2.78. The number of halogens is 1. The molecule has 0 aliphatic heterocycles. The van der Waals surface area contributed by atoms with E-state index in [0.29, 0.717) is 5.56 Å². The van der Waals surface area contributed by atoms with Gasteiger partial charge in [0.1, 0.15) is 5.75 Å². The fraction of sp³-hybridized carbons (Fsp3) is 0.222. The molecule has 1 aromatic carbocycles. The minimum Gasteiger partial charge on any atom is -0.550 e. The van der Waals surface area contributed by atoms with Crippen LogP contribution in [0.1, 0.15) is 18.4 Å². The van der Waals surface area contributed by atoms with Crippen molar-refractivity contribution >= 4 is 17.6 Å². The van der Waals surface area contributed by atoms with Crippen LogP contribution in [-0.2, 0) is 4.79 Å². The molecule has 0 aliphatic rings. The topological polar surface area (TPSA) is 60.4 Å². The normalized spacial score (nSPS) is 12.5. The number of carboxylic acid groups (broad SMARTS) is 1. The van der Waals surface area contributed by atoms with Crippen LogP contribution >= 0.6 is 11.6 Å². The Bertz CT molecular complexity index is 336. The molecule has 0 aliphatic carbocycles. The van der Waals surface area contributed by atoms with Crippen molar-refractivity contribution in [2.75, 3.05) is 0 Å². The van der Waals surface area contributed by atoms with Gasteiger partial charge in [0.05, 0.1) is 5.02 Å². The van der Waals surface area contributed by atoms with E-state index in [-0.39, 0.29) is 10.8 Å². The molecule has 1 rings (SSSR count). The molecule has 1 aromatic rings. The van der Waals surface area contributed by atoms with Crippen LogP contribution in [0.15, 0.2) is 18.2 Å². The standard InChI is InChI=1S/C9H9ClO3/c1-5(9(12)13)6-2-3-8(11)7(10)4-6/h2-5,11H,1H3,(H,12,13)/p-1. The summed E-state index contributed by atoms with van der Waals surface area (Å²) in [6.07, 6.45) is 0. The van der Waals surface area contributed by atoms with Crippen molar-refractivity contribution in [2.45, 2.75) is 12.8 Å². The first kappa shape index (κ1) is 9.86. The SMILES string of the molecule is CC(C(=O)[O-])c1ccc(O)c(Cl)c1. The van der Waals surface area contributed by atoms with Crippen LogP contribution < -0.4 is 5.11 Å². The lowest BCUT2D eigenvalue weighted by atomic mass is 10.0. The molecule has 3 nitrogen and oxygen atoms in total. The Hall–Kier alpha value is -1.22. The smallest absolute Gasteiger partial charge is 0.134 e. The van der Waals surface area contributed by atoms with Gasteiger partial charge >= 0.3 is 0 Å². The molecule has 1 atom stereocenters. The summed E-state index contributed by atoms with van der Waals surface area (Å²) >= 11 is 5.60. The number of phenols is 1. The molecule has 13 heavy (non-hydrogen) atoms. The first-order chi connectivity index (χ1) is 6.02. The van der Waals surface area contributed by atoms with Crippen LogP contribution in [0.25, 0.3) is 0 Å². The van der Waals surface area contributed by atoms with Gasteiger partial charge in [0.15, 0.2) is 0 Å². The Morgan fingerprint density at radius 2 is 2.23 bits per heavy atom. The Morgan fingerprint density at radius 1 is 1.62 bits per heavy atom.